The smallest absolute Gasteiger partial charge is 0.335 e. The standard InChI is InChI=1S/C29H31NO4/c1-4-28(31)30(20-24-9-5-6-10-24)21-25-12-14-26(15-13-25)33-16-8-7-11-29(32)34-27-18-22(2)17-23(3)19-27/h4-7,9-15,17-19,24H,1,8,16,20-21H2,2-3H3/b11-7+. The third-order valence-corrected chi connectivity index (χ3v) is 5.26. The summed E-state index contributed by atoms with van der Waals surface area (Å²) in [4.78, 5) is 26.0. The van der Waals surface area contributed by atoms with E-state index >= 15 is 0 Å². The molecule has 1 aliphatic carbocycles. The van der Waals surface area contributed by atoms with Crippen LogP contribution in [0.4, 0.5) is 0 Å². The minimum Gasteiger partial charge on any atom is -0.493 e. The maximum Gasteiger partial charge on any atom is 0.335 e. The maximum atomic E-state index is 12.2. The largest absolute Gasteiger partial charge is 0.493 e. The first-order chi connectivity index (χ1) is 16.4. The number of amides is 1. The van der Waals surface area contributed by atoms with Gasteiger partial charge in [-0.2, -0.15) is 0 Å². The van der Waals surface area contributed by atoms with Crippen molar-refractivity contribution in [2.45, 2.75) is 26.8 Å². The molecule has 0 bridgehead atoms. The van der Waals surface area contributed by atoms with Crippen LogP contribution in [0, 0.1) is 19.8 Å². The highest BCUT2D eigenvalue weighted by molar-refractivity contribution is 5.87. The molecule has 0 aromatic heterocycles. The van der Waals surface area contributed by atoms with Gasteiger partial charge in [-0.3, -0.25) is 4.79 Å². The predicted octanol–water partition coefficient (Wildman–Crippen LogP) is 5.49. The van der Waals surface area contributed by atoms with Crippen LogP contribution in [0.25, 0.3) is 0 Å². The minimum absolute atomic E-state index is 0.0862. The van der Waals surface area contributed by atoms with Gasteiger partial charge in [0.25, 0.3) is 0 Å². The molecular weight excluding hydrogens is 426 g/mol. The van der Waals surface area contributed by atoms with Gasteiger partial charge in [-0.1, -0.05) is 55.2 Å². The SMILES string of the molecule is C=CC(=O)N(Cc1ccc(OCC/C=C/C(=O)Oc2cc(C)cc(C)c2)cc1)CC1C=CC=C1. The number of ether oxygens (including phenoxy) is 2. The third kappa shape index (κ3) is 7.93. The monoisotopic (exact) mass is 457 g/mol. The van der Waals surface area contributed by atoms with Gasteiger partial charge < -0.3 is 14.4 Å². The van der Waals surface area contributed by atoms with Crippen molar-refractivity contribution < 1.29 is 19.1 Å². The predicted molar refractivity (Wildman–Crippen MR) is 135 cm³/mol. The van der Waals surface area contributed by atoms with Gasteiger partial charge in [-0.25, -0.2) is 4.79 Å². The van der Waals surface area contributed by atoms with Gasteiger partial charge >= 0.3 is 5.97 Å². The Kier molecular flexibility index (Phi) is 9.04. The second-order valence-electron chi connectivity index (χ2n) is 8.28. The van der Waals surface area contributed by atoms with E-state index in [-0.39, 0.29) is 11.8 Å². The third-order valence-electron chi connectivity index (χ3n) is 5.26. The first-order valence-electron chi connectivity index (χ1n) is 11.4. The summed E-state index contributed by atoms with van der Waals surface area (Å²) in [6.45, 7) is 9.11. The molecule has 0 aliphatic heterocycles. The Hall–Kier alpha value is -3.86. The van der Waals surface area contributed by atoms with Crippen LogP contribution in [0.5, 0.6) is 11.5 Å². The number of hydrogen-bond donors (Lipinski definition) is 0. The van der Waals surface area contributed by atoms with Crippen LogP contribution < -0.4 is 9.47 Å². The molecule has 0 spiro atoms. The number of carbonyl (C=O) groups excluding carboxylic acids is 2. The lowest BCUT2D eigenvalue weighted by Crippen LogP contribution is -2.32. The van der Waals surface area contributed by atoms with Gasteiger partial charge in [-0.05, 0) is 67.3 Å². The van der Waals surface area contributed by atoms with Crippen LogP contribution >= 0.6 is 0 Å². The molecule has 3 rings (SSSR count). The van der Waals surface area contributed by atoms with Gasteiger partial charge in [0, 0.05) is 25.1 Å². The number of rotatable bonds is 11. The molecule has 0 N–H and O–H groups in total. The van der Waals surface area contributed by atoms with E-state index in [1.54, 1.807) is 11.0 Å². The van der Waals surface area contributed by atoms with E-state index in [2.05, 4.69) is 18.7 Å². The van der Waals surface area contributed by atoms with Crippen molar-refractivity contribution in [3.63, 3.8) is 0 Å². The zero-order valence-corrected chi connectivity index (χ0v) is 19.8. The van der Waals surface area contributed by atoms with Crippen LogP contribution in [0.3, 0.4) is 0 Å². The molecule has 0 saturated carbocycles. The highest BCUT2D eigenvalue weighted by Crippen LogP contribution is 2.18. The fraction of sp³-hybridized carbons (Fsp3) is 0.241. The van der Waals surface area contributed by atoms with Crippen molar-refractivity contribution in [1.29, 1.82) is 0 Å². The molecule has 5 nitrogen and oxygen atoms in total. The first-order valence-corrected chi connectivity index (χ1v) is 11.4. The number of allylic oxidation sites excluding steroid dienone is 2. The van der Waals surface area contributed by atoms with E-state index in [4.69, 9.17) is 9.47 Å². The minimum atomic E-state index is -0.406. The maximum absolute atomic E-state index is 12.2. The van der Waals surface area contributed by atoms with Crippen LogP contribution in [-0.2, 0) is 16.1 Å². The lowest BCUT2D eigenvalue weighted by molar-refractivity contribution is -0.129. The summed E-state index contributed by atoms with van der Waals surface area (Å²) >= 11 is 0. The van der Waals surface area contributed by atoms with Crippen molar-refractivity contribution in [2.75, 3.05) is 13.2 Å². The van der Waals surface area contributed by atoms with E-state index in [0.29, 0.717) is 31.9 Å². The summed E-state index contributed by atoms with van der Waals surface area (Å²) < 4.78 is 11.1. The van der Waals surface area contributed by atoms with E-state index in [1.807, 2.05) is 68.5 Å². The number of aryl methyl sites for hydroxylation is 2. The van der Waals surface area contributed by atoms with Gasteiger partial charge in [0.1, 0.15) is 11.5 Å². The number of benzene rings is 2. The number of nitrogens with zero attached hydrogens (tertiary/aromatic N) is 1. The summed E-state index contributed by atoms with van der Waals surface area (Å²) in [5.41, 5.74) is 3.12. The van der Waals surface area contributed by atoms with Crippen molar-refractivity contribution in [3.05, 3.63) is 108 Å². The molecule has 5 heteroatoms. The quantitative estimate of drug-likeness (QED) is 0.194. The lowest BCUT2D eigenvalue weighted by Gasteiger charge is -2.23. The number of esters is 1. The van der Waals surface area contributed by atoms with Gasteiger partial charge in [-0.15, -0.1) is 0 Å². The molecule has 34 heavy (non-hydrogen) atoms. The molecule has 2 aromatic rings. The second-order valence-corrected chi connectivity index (χ2v) is 8.28. The van der Waals surface area contributed by atoms with E-state index < -0.39 is 5.97 Å². The van der Waals surface area contributed by atoms with E-state index in [0.717, 1.165) is 22.4 Å². The van der Waals surface area contributed by atoms with E-state index in [9.17, 15) is 9.59 Å². The highest BCUT2D eigenvalue weighted by Gasteiger charge is 2.15. The Balaban J connectivity index is 1.42. The molecule has 0 radical (unpaired) electrons. The Labute approximate surface area is 201 Å². The first kappa shape index (κ1) is 24.8. The molecule has 1 aliphatic rings. The van der Waals surface area contributed by atoms with Crippen LogP contribution in [-0.4, -0.2) is 29.9 Å². The molecule has 176 valence electrons. The average molecular weight is 458 g/mol. The summed E-state index contributed by atoms with van der Waals surface area (Å²) in [7, 11) is 0. The van der Waals surface area contributed by atoms with Crippen molar-refractivity contribution >= 4 is 11.9 Å². The molecular formula is C29H31NO4. The van der Waals surface area contributed by atoms with Crippen molar-refractivity contribution in [3.8, 4) is 11.5 Å². The van der Waals surface area contributed by atoms with Gasteiger partial charge in [0.05, 0.1) is 6.61 Å². The van der Waals surface area contributed by atoms with Crippen molar-refractivity contribution in [1.82, 2.24) is 4.90 Å². The summed E-state index contributed by atoms with van der Waals surface area (Å²) in [5, 5.41) is 0. The normalized spacial score (nSPS) is 12.8. The molecule has 0 saturated heterocycles. The Morgan fingerprint density at radius 1 is 1.00 bits per heavy atom. The average Bonchev–Trinajstić information content (AvgIpc) is 3.31. The Morgan fingerprint density at radius 3 is 2.32 bits per heavy atom. The van der Waals surface area contributed by atoms with Crippen LogP contribution in [0.15, 0.2) is 91.6 Å². The summed E-state index contributed by atoms with van der Waals surface area (Å²) in [6, 6.07) is 13.4. The van der Waals surface area contributed by atoms with E-state index in [1.165, 1.54) is 12.2 Å². The zero-order chi connectivity index (χ0) is 24.3. The molecule has 0 fully saturated rings. The number of hydrogen-bond acceptors (Lipinski definition) is 4. The van der Waals surface area contributed by atoms with Crippen LogP contribution in [0.1, 0.15) is 23.1 Å². The fourth-order valence-electron chi connectivity index (χ4n) is 3.69. The summed E-state index contributed by atoms with van der Waals surface area (Å²) in [5.74, 6) is 1.03. The highest BCUT2D eigenvalue weighted by atomic mass is 16.5. The molecule has 1 amide bonds. The van der Waals surface area contributed by atoms with Crippen LogP contribution in [0.2, 0.25) is 0 Å². The molecule has 0 unspecified atom stereocenters. The van der Waals surface area contributed by atoms with Crippen molar-refractivity contribution in [2.24, 2.45) is 5.92 Å². The molecule has 0 atom stereocenters. The molecule has 0 heterocycles. The van der Waals surface area contributed by atoms with Gasteiger partial charge in [0.2, 0.25) is 5.91 Å². The lowest BCUT2D eigenvalue weighted by atomic mass is 10.1. The number of carbonyl (C=O) groups is 2. The summed E-state index contributed by atoms with van der Waals surface area (Å²) in [6.07, 6.45) is 13.2. The van der Waals surface area contributed by atoms with Gasteiger partial charge in [0.15, 0.2) is 0 Å². The molecule has 2 aromatic carbocycles. The Morgan fingerprint density at radius 2 is 1.68 bits per heavy atom. The fourth-order valence-corrected chi connectivity index (χ4v) is 3.69. The second kappa shape index (κ2) is 12.4. The topological polar surface area (TPSA) is 55.8 Å². The Bertz CT molecular complexity index is 1060. The zero-order valence-electron chi connectivity index (χ0n) is 19.8.